The van der Waals surface area contributed by atoms with Gasteiger partial charge in [0.15, 0.2) is 0 Å². The minimum Gasteiger partial charge on any atom is -0.386 e. The lowest BCUT2D eigenvalue weighted by molar-refractivity contribution is -0.117. The highest BCUT2D eigenvalue weighted by Gasteiger charge is 2.09. The number of nitriles is 1. The van der Waals surface area contributed by atoms with E-state index >= 15 is 0 Å². The van der Waals surface area contributed by atoms with Gasteiger partial charge in [-0.3, -0.25) is 4.79 Å². The lowest BCUT2D eigenvalue weighted by Gasteiger charge is -2.07. The van der Waals surface area contributed by atoms with Gasteiger partial charge in [-0.1, -0.05) is 59.6 Å². The van der Waals surface area contributed by atoms with Crippen LogP contribution in [0, 0.1) is 18.3 Å². The van der Waals surface area contributed by atoms with Gasteiger partial charge in [0.05, 0.1) is 0 Å². The zero-order valence-corrected chi connectivity index (χ0v) is 14.1. The lowest BCUT2D eigenvalue weighted by atomic mass is 10.1. The van der Waals surface area contributed by atoms with Crippen LogP contribution in [0.5, 0.6) is 0 Å². The van der Waals surface area contributed by atoms with Gasteiger partial charge >= 0.3 is 0 Å². The van der Waals surface area contributed by atoms with Gasteiger partial charge in [0.1, 0.15) is 11.6 Å². The Bertz CT molecular complexity index is 793. The number of hydrogen-bond acceptors (Lipinski definition) is 3. The van der Waals surface area contributed by atoms with Crippen molar-refractivity contribution in [1.29, 1.82) is 5.26 Å². The summed E-state index contributed by atoms with van der Waals surface area (Å²) in [6, 6.07) is 17.2. The summed E-state index contributed by atoms with van der Waals surface area (Å²) in [7, 11) is 0. The van der Waals surface area contributed by atoms with Crippen molar-refractivity contribution in [2.75, 3.05) is 0 Å². The number of hydrogen-bond donors (Lipinski definition) is 2. The van der Waals surface area contributed by atoms with E-state index < -0.39 is 5.91 Å². The SMILES string of the molecule is Cc1cccc(CN/C=C(/C#N)C(=O)NCc2ccccc2Cl)c1. The molecule has 0 unspecified atom stereocenters. The van der Waals surface area contributed by atoms with E-state index in [1.165, 1.54) is 6.20 Å². The maximum Gasteiger partial charge on any atom is 0.263 e. The number of rotatable bonds is 6. The van der Waals surface area contributed by atoms with Crippen molar-refractivity contribution < 1.29 is 4.79 Å². The second kappa shape index (κ2) is 8.76. The van der Waals surface area contributed by atoms with Gasteiger partial charge in [0.2, 0.25) is 0 Å². The summed E-state index contributed by atoms with van der Waals surface area (Å²) < 4.78 is 0. The van der Waals surface area contributed by atoms with Crippen LogP contribution >= 0.6 is 11.6 Å². The standard InChI is InChI=1S/C19H18ClN3O/c1-14-5-4-6-15(9-14)11-22-12-17(10-21)19(24)23-13-16-7-2-3-8-18(16)20/h2-9,12,22H,11,13H2,1H3,(H,23,24)/b17-12-. The Kier molecular flexibility index (Phi) is 6.41. The fourth-order valence-corrected chi connectivity index (χ4v) is 2.36. The minimum absolute atomic E-state index is 0.0229. The molecule has 0 heterocycles. The van der Waals surface area contributed by atoms with Gasteiger partial charge < -0.3 is 10.6 Å². The summed E-state index contributed by atoms with van der Waals surface area (Å²) in [6.45, 7) is 2.84. The Morgan fingerprint density at radius 3 is 2.71 bits per heavy atom. The molecule has 0 fully saturated rings. The average Bonchev–Trinajstić information content (AvgIpc) is 2.58. The number of nitrogens with zero attached hydrogens (tertiary/aromatic N) is 1. The molecular formula is C19H18ClN3O. The van der Waals surface area contributed by atoms with Crippen molar-refractivity contribution in [3.8, 4) is 6.07 Å². The highest BCUT2D eigenvalue weighted by molar-refractivity contribution is 6.31. The maximum atomic E-state index is 12.1. The Labute approximate surface area is 146 Å². The summed E-state index contributed by atoms with van der Waals surface area (Å²) in [4.78, 5) is 12.1. The fraction of sp³-hybridized carbons (Fsp3) is 0.158. The van der Waals surface area contributed by atoms with E-state index in [2.05, 4.69) is 10.6 Å². The first-order valence-electron chi connectivity index (χ1n) is 7.51. The molecule has 5 heteroatoms. The van der Waals surface area contributed by atoms with Crippen LogP contribution < -0.4 is 10.6 Å². The molecular weight excluding hydrogens is 322 g/mol. The van der Waals surface area contributed by atoms with Crippen LogP contribution in [-0.2, 0) is 17.9 Å². The van der Waals surface area contributed by atoms with Crippen molar-refractivity contribution in [3.63, 3.8) is 0 Å². The normalized spacial score (nSPS) is 10.8. The van der Waals surface area contributed by atoms with Crippen LogP contribution in [0.15, 0.2) is 60.3 Å². The third-order valence-corrected chi connectivity index (χ3v) is 3.77. The number of carbonyl (C=O) groups excluding carboxylic acids is 1. The van der Waals surface area contributed by atoms with Crippen molar-refractivity contribution in [3.05, 3.63) is 82.0 Å². The second-order valence-corrected chi connectivity index (χ2v) is 5.72. The molecule has 2 rings (SSSR count). The lowest BCUT2D eigenvalue weighted by Crippen LogP contribution is -2.25. The largest absolute Gasteiger partial charge is 0.386 e. The zero-order chi connectivity index (χ0) is 17.4. The number of aryl methyl sites for hydroxylation is 1. The van der Waals surface area contributed by atoms with Gasteiger partial charge in [-0.05, 0) is 24.1 Å². The summed E-state index contributed by atoms with van der Waals surface area (Å²) in [6.07, 6.45) is 1.43. The van der Waals surface area contributed by atoms with E-state index in [0.717, 1.165) is 16.7 Å². The maximum absolute atomic E-state index is 12.1. The van der Waals surface area contributed by atoms with Crippen molar-refractivity contribution in [2.45, 2.75) is 20.0 Å². The molecule has 0 saturated heterocycles. The van der Waals surface area contributed by atoms with E-state index in [9.17, 15) is 4.79 Å². The molecule has 1 amide bonds. The number of carbonyl (C=O) groups is 1. The molecule has 2 aromatic rings. The van der Waals surface area contributed by atoms with E-state index in [1.807, 2.05) is 55.5 Å². The Morgan fingerprint density at radius 1 is 1.21 bits per heavy atom. The molecule has 0 bridgehead atoms. The molecule has 0 spiro atoms. The molecule has 0 aromatic heterocycles. The molecule has 0 atom stereocenters. The van der Waals surface area contributed by atoms with Gasteiger partial charge in [0.25, 0.3) is 5.91 Å². The molecule has 2 aromatic carbocycles. The first-order chi connectivity index (χ1) is 11.6. The average molecular weight is 340 g/mol. The predicted molar refractivity (Wildman–Crippen MR) is 95.0 cm³/mol. The first-order valence-corrected chi connectivity index (χ1v) is 7.88. The fourth-order valence-electron chi connectivity index (χ4n) is 2.15. The number of benzene rings is 2. The van der Waals surface area contributed by atoms with Crippen LogP contribution in [0.1, 0.15) is 16.7 Å². The van der Waals surface area contributed by atoms with Crippen LogP contribution in [0.25, 0.3) is 0 Å². The summed E-state index contributed by atoms with van der Waals surface area (Å²) in [5.41, 5.74) is 3.07. The Morgan fingerprint density at radius 2 is 2.00 bits per heavy atom. The monoisotopic (exact) mass is 339 g/mol. The van der Waals surface area contributed by atoms with Gasteiger partial charge in [0, 0.05) is 24.3 Å². The Balaban J connectivity index is 1.91. The first kappa shape index (κ1) is 17.6. The smallest absolute Gasteiger partial charge is 0.263 e. The van der Waals surface area contributed by atoms with E-state index in [1.54, 1.807) is 6.07 Å². The third-order valence-electron chi connectivity index (χ3n) is 3.40. The van der Waals surface area contributed by atoms with Crippen molar-refractivity contribution >= 4 is 17.5 Å². The van der Waals surface area contributed by atoms with E-state index in [-0.39, 0.29) is 12.1 Å². The molecule has 0 saturated carbocycles. The number of amides is 1. The molecule has 24 heavy (non-hydrogen) atoms. The topological polar surface area (TPSA) is 64.9 Å². The van der Waals surface area contributed by atoms with Crippen LogP contribution in [0.4, 0.5) is 0 Å². The minimum atomic E-state index is -0.436. The van der Waals surface area contributed by atoms with Crippen molar-refractivity contribution in [1.82, 2.24) is 10.6 Å². The quantitative estimate of drug-likeness (QED) is 0.625. The highest BCUT2D eigenvalue weighted by atomic mass is 35.5. The van der Waals surface area contributed by atoms with Crippen molar-refractivity contribution in [2.24, 2.45) is 0 Å². The second-order valence-electron chi connectivity index (χ2n) is 5.31. The molecule has 4 nitrogen and oxygen atoms in total. The molecule has 2 N–H and O–H groups in total. The van der Waals surface area contributed by atoms with Gasteiger partial charge in [-0.15, -0.1) is 0 Å². The number of halogens is 1. The summed E-state index contributed by atoms with van der Waals surface area (Å²) >= 11 is 6.04. The zero-order valence-electron chi connectivity index (χ0n) is 13.3. The predicted octanol–water partition coefficient (Wildman–Crippen LogP) is 3.46. The highest BCUT2D eigenvalue weighted by Crippen LogP contribution is 2.14. The van der Waals surface area contributed by atoms with Gasteiger partial charge in [-0.2, -0.15) is 5.26 Å². The van der Waals surface area contributed by atoms with E-state index in [0.29, 0.717) is 11.6 Å². The van der Waals surface area contributed by atoms with Crippen LogP contribution in [0.3, 0.4) is 0 Å². The summed E-state index contributed by atoms with van der Waals surface area (Å²) in [5, 5.41) is 15.4. The molecule has 0 aliphatic carbocycles. The molecule has 122 valence electrons. The van der Waals surface area contributed by atoms with Crippen LogP contribution in [-0.4, -0.2) is 5.91 Å². The summed E-state index contributed by atoms with van der Waals surface area (Å²) in [5.74, 6) is -0.436. The van der Waals surface area contributed by atoms with Gasteiger partial charge in [-0.25, -0.2) is 0 Å². The molecule has 0 radical (unpaired) electrons. The third kappa shape index (κ3) is 5.15. The van der Waals surface area contributed by atoms with Crippen LogP contribution in [0.2, 0.25) is 5.02 Å². The molecule has 0 aliphatic heterocycles. The molecule has 0 aliphatic rings. The Hall–Kier alpha value is -2.77. The van der Waals surface area contributed by atoms with E-state index in [4.69, 9.17) is 16.9 Å². The number of nitrogens with one attached hydrogen (secondary N) is 2.